The third kappa shape index (κ3) is 7.23. The Hall–Kier alpha value is -4.60. The van der Waals surface area contributed by atoms with Crippen LogP contribution in [0.1, 0.15) is 31.1 Å². The number of hydrogen-bond donors (Lipinski definition) is 2. The summed E-state index contributed by atoms with van der Waals surface area (Å²) in [5.41, 5.74) is 0.0893. The molecule has 2 rings (SSSR count). The molecule has 0 amide bonds. The average molecular weight is 470 g/mol. The summed E-state index contributed by atoms with van der Waals surface area (Å²) < 4.78 is 20.1. The highest BCUT2D eigenvalue weighted by molar-refractivity contribution is 5.92. The second kappa shape index (κ2) is 11.3. The van der Waals surface area contributed by atoms with Crippen molar-refractivity contribution in [3.8, 4) is 28.7 Å². The van der Waals surface area contributed by atoms with Crippen LogP contribution in [0.3, 0.4) is 0 Å². The largest absolute Gasteiger partial charge is 0.508 e. The van der Waals surface area contributed by atoms with Gasteiger partial charge in [-0.1, -0.05) is 12.6 Å². The zero-order valence-corrected chi connectivity index (χ0v) is 18.6. The van der Waals surface area contributed by atoms with Crippen LogP contribution in [0.4, 0.5) is 0 Å². The molecule has 178 valence electrons. The van der Waals surface area contributed by atoms with Crippen molar-refractivity contribution in [3.63, 3.8) is 0 Å². The van der Waals surface area contributed by atoms with Gasteiger partial charge in [0.2, 0.25) is 5.75 Å². The van der Waals surface area contributed by atoms with E-state index in [1.165, 1.54) is 44.2 Å². The van der Waals surface area contributed by atoms with Crippen LogP contribution >= 0.6 is 0 Å². The van der Waals surface area contributed by atoms with Crippen LogP contribution in [-0.4, -0.2) is 40.7 Å². The van der Waals surface area contributed by atoms with Crippen molar-refractivity contribution >= 4 is 23.9 Å². The Morgan fingerprint density at radius 2 is 1.65 bits per heavy atom. The molecule has 10 heteroatoms. The molecule has 10 nitrogen and oxygen atoms in total. The summed E-state index contributed by atoms with van der Waals surface area (Å²) in [5, 5.41) is 19.6. The van der Waals surface area contributed by atoms with E-state index in [1.807, 2.05) is 0 Å². The fourth-order valence-electron chi connectivity index (χ4n) is 2.37. The maximum Gasteiger partial charge on any atom is 0.339 e. The summed E-state index contributed by atoms with van der Waals surface area (Å²) in [6.45, 7) is 7.08. The van der Waals surface area contributed by atoms with E-state index in [2.05, 4.69) is 6.58 Å². The maximum absolute atomic E-state index is 12.3. The van der Waals surface area contributed by atoms with Crippen LogP contribution in [0.25, 0.3) is 0 Å². The van der Waals surface area contributed by atoms with E-state index in [4.69, 9.17) is 18.9 Å². The monoisotopic (exact) mass is 470 g/mol. The topological polar surface area (TPSA) is 146 Å². The Balaban J connectivity index is 2.04. The van der Waals surface area contributed by atoms with E-state index in [0.717, 1.165) is 19.1 Å². The molecule has 0 unspecified atom stereocenters. The zero-order valence-electron chi connectivity index (χ0n) is 18.6. The minimum atomic E-state index is -0.855. The molecule has 0 aromatic heterocycles. The first-order chi connectivity index (χ1) is 16.0. The molecule has 2 aromatic carbocycles. The quantitative estimate of drug-likeness (QED) is 0.335. The smallest absolute Gasteiger partial charge is 0.339 e. The number of esters is 4. The minimum absolute atomic E-state index is 0.0527. The van der Waals surface area contributed by atoms with E-state index >= 15 is 0 Å². The molecule has 0 radical (unpaired) electrons. The molecule has 0 atom stereocenters. The van der Waals surface area contributed by atoms with E-state index in [-0.39, 0.29) is 46.3 Å². The van der Waals surface area contributed by atoms with Crippen molar-refractivity contribution in [2.75, 3.05) is 6.61 Å². The second-order valence-electron chi connectivity index (χ2n) is 6.96. The molecule has 0 heterocycles. The van der Waals surface area contributed by atoms with Gasteiger partial charge in [-0.15, -0.1) is 0 Å². The molecule has 2 N–H and O–H groups in total. The number of carbonyl (C=O) groups excluding carboxylic acids is 4. The lowest BCUT2D eigenvalue weighted by molar-refractivity contribution is -0.134. The number of aromatic hydroxyl groups is 2. The normalized spacial score (nSPS) is 10.7. The molecular formula is C24H22O10. The van der Waals surface area contributed by atoms with Gasteiger partial charge in [-0.3, -0.25) is 4.79 Å². The molecular weight excluding hydrogens is 448 g/mol. The molecule has 0 saturated carbocycles. The standard InChI is InChI=1S/C24H22O10/c1-13(2)22(28)33-18-11-16(10-17(26)12-18)24(30)31-9-8-14(3)23(29)34-20-7-5-6-19(27)21(20)32-15(4)25/h5-8,10-12,26-27H,1,9H2,2-4H3. The Bertz CT molecular complexity index is 1180. The fourth-order valence-corrected chi connectivity index (χ4v) is 2.37. The second-order valence-corrected chi connectivity index (χ2v) is 6.96. The average Bonchev–Trinajstić information content (AvgIpc) is 2.75. The van der Waals surface area contributed by atoms with Gasteiger partial charge in [-0.2, -0.15) is 0 Å². The van der Waals surface area contributed by atoms with Gasteiger partial charge in [-0.05, 0) is 44.2 Å². The van der Waals surface area contributed by atoms with E-state index in [1.54, 1.807) is 0 Å². The molecule has 0 spiro atoms. The highest BCUT2D eigenvalue weighted by Crippen LogP contribution is 2.36. The first-order valence-corrected chi connectivity index (χ1v) is 9.76. The Morgan fingerprint density at radius 1 is 0.941 bits per heavy atom. The Kier molecular flexibility index (Phi) is 8.54. The lowest BCUT2D eigenvalue weighted by atomic mass is 10.2. The number of phenolic OH excluding ortho intramolecular Hbond substituents is 2. The number of hydrogen-bond acceptors (Lipinski definition) is 10. The Morgan fingerprint density at radius 3 is 2.29 bits per heavy atom. The number of para-hydroxylation sites is 1. The van der Waals surface area contributed by atoms with Crippen molar-refractivity contribution in [2.24, 2.45) is 0 Å². The van der Waals surface area contributed by atoms with Crippen molar-refractivity contribution < 1.29 is 48.3 Å². The molecule has 2 aromatic rings. The molecule has 0 aliphatic rings. The number of ether oxygens (including phenoxy) is 4. The van der Waals surface area contributed by atoms with Crippen LogP contribution in [0.2, 0.25) is 0 Å². The van der Waals surface area contributed by atoms with E-state index in [9.17, 15) is 29.4 Å². The third-order valence-electron chi connectivity index (χ3n) is 4.02. The van der Waals surface area contributed by atoms with Gasteiger partial charge < -0.3 is 29.2 Å². The molecule has 34 heavy (non-hydrogen) atoms. The number of phenols is 2. The van der Waals surface area contributed by atoms with Crippen LogP contribution < -0.4 is 14.2 Å². The Labute approximate surface area is 194 Å². The number of carbonyl (C=O) groups is 4. The maximum atomic E-state index is 12.3. The van der Waals surface area contributed by atoms with E-state index in [0.29, 0.717) is 0 Å². The molecule has 0 fully saturated rings. The predicted molar refractivity (Wildman–Crippen MR) is 118 cm³/mol. The first kappa shape index (κ1) is 25.7. The summed E-state index contributed by atoms with van der Waals surface area (Å²) in [4.78, 5) is 47.4. The van der Waals surface area contributed by atoms with Crippen molar-refractivity contribution in [2.45, 2.75) is 20.8 Å². The molecule has 0 bridgehead atoms. The van der Waals surface area contributed by atoms with Crippen LogP contribution in [0.5, 0.6) is 28.7 Å². The van der Waals surface area contributed by atoms with Gasteiger partial charge in [0.25, 0.3) is 0 Å². The van der Waals surface area contributed by atoms with Gasteiger partial charge in [0.05, 0.1) is 5.56 Å². The van der Waals surface area contributed by atoms with E-state index < -0.39 is 29.6 Å². The minimum Gasteiger partial charge on any atom is -0.508 e. The summed E-state index contributed by atoms with van der Waals surface area (Å²) in [6.07, 6.45) is 1.26. The summed E-state index contributed by atoms with van der Waals surface area (Å²) in [5.74, 6) is -4.44. The van der Waals surface area contributed by atoms with Crippen molar-refractivity contribution in [1.29, 1.82) is 0 Å². The SMILES string of the molecule is C=C(C)C(=O)Oc1cc(O)cc(C(=O)OCC=C(C)C(=O)Oc2cccc(O)c2OC(C)=O)c1. The highest BCUT2D eigenvalue weighted by Gasteiger charge is 2.17. The number of benzene rings is 2. The van der Waals surface area contributed by atoms with Gasteiger partial charge >= 0.3 is 23.9 Å². The van der Waals surface area contributed by atoms with Crippen molar-refractivity contribution in [1.82, 2.24) is 0 Å². The zero-order chi connectivity index (χ0) is 25.4. The fraction of sp³-hybridized carbons (Fsp3) is 0.167. The molecule has 0 aliphatic carbocycles. The molecule has 0 saturated heterocycles. The molecule has 0 aliphatic heterocycles. The van der Waals surface area contributed by atoms with Gasteiger partial charge in [0.1, 0.15) is 18.1 Å². The lowest BCUT2D eigenvalue weighted by Gasteiger charge is -2.11. The first-order valence-electron chi connectivity index (χ1n) is 9.76. The summed E-state index contributed by atoms with van der Waals surface area (Å²) >= 11 is 0. The van der Waals surface area contributed by atoms with Gasteiger partial charge in [0, 0.05) is 24.1 Å². The highest BCUT2D eigenvalue weighted by atomic mass is 16.6. The van der Waals surface area contributed by atoms with Crippen LogP contribution in [0, 0.1) is 0 Å². The predicted octanol–water partition coefficient (Wildman–Crippen LogP) is 3.21. The van der Waals surface area contributed by atoms with Crippen LogP contribution in [-0.2, 0) is 19.1 Å². The number of rotatable bonds is 8. The van der Waals surface area contributed by atoms with Gasteiger partial charge in [0.15, 0.2) is 11.5 Å². The lowest BCUT2D eigenvalue weighted by Crippen LogP contribution is -2.13. The summed E-state index contributed by atoms with van der Waals surface area (Å²) in [7, 11) is 0. The van der Waals surface area contributed by atoms with Crippen molar-refractivity contribution in [3.05, 3.63) is 65.8 Å². The third-order valence-corrected chi connectivity index (χ3v) is 4.02. The summed E-state index contributed by atoms with van der Waals surface area (Å²) in [6, 6.07) is 7.43. The van der Waals surface area contributed by atoms with Gasteiger partial charge in [-0.25, -0.2) is 14.4 Å². The van der Waals surface area contributed by atoms with Crippen LogP contribution in [0.15, 0.2) is 60.2 Å².